The summed E-state index contributed by atoms with van der Waals surface area (Å²) in [7, 11) is 1.81. The Kier molecular flexibility index (Phi) is 5.90. The minimum absolute atomic E-state index is 0.0997. The lowest BCUT2D eigenvalue weighted by molar-refractivity contribution is -0.0201. The summed E-state index contributed by atoms with van der Waals surface area (Å²) in [6, 6.07) is 1.24. The van der Waals surface area contributed by atoms with Crippen molar-refractivity contribution in [1.29, 1.82) is 0 Å². The van der Waals surface area contributed by atoms with E-state index >= 15 is 0 Å². The van der Waals surface area contributed by atoms with Crippen LogP contribution in [0.3, 0.4) is 0 Å². The molecule has 1 unspecified atom stereocenters. The van der Waals surface area contributed by atoms with Gasteiger partial charge < -0.3 is 10.1 Å². The Hall–Kier alpha value is -0.120. The number of rotatable bonds is 9. The monoisotopic (exact) mass is 242 g/mol. The Morgan fingerprint density at radius 1 is 1.35 bits per heavy atom. The molecule has 1 atom stereocenters. The molecular weight excluding hydrogens is 212 g/mol. The van der Waals surface area contributed by atoms with Crippen LogP contribution < -0.4 is 5.32 Å². The molecule has 1 rings (SSSR count). The summed E-state index contributed by atoms with van der Waals surface area (Å²) >= 11 is 0. The Morgan fingerprint density at radius 2 is 2.00 bits per heavy atom. The smallest absolute Gasteiger partial charge is 0.0787 e. The van der Waals surface area contributed by atoms with Crippen LogP contribution in [0.5, 0.6) is 0 Å². The first kappa shape index (κ1) is 14.9. The first-order chi connectivity index (χ1) is 8.05. The third kappa shape index (κ3) is 4.57. The van der Waals surface area contributed by atoms with Crippen LogP contribution >= 0.6 is 0 Å². The average molecular weight is 242 g/mol. The maximum Gasteiger partial charge on any atom is 0.0787 e. The van der Waals surface area contributed by atoms with Crippen molar-refractivity contribution >= 4 is 0 Å². The highest BCUT2D eigenvalue weighted by molar-refractivity contribution is 4.92. The van der Waals surface area contributed by atoms with E-state index < -0.39 is 0 Å². The third-order valence-corrected chi connectivity index (χ3v) is 3.89. The van der Waals surface area contributed by atoms with Gasteiger partial charge in [-0.2, -0.15) is 0 Å². The summed E-state index contributed by atoms with van der Waals surface area (Å²) in [6.07, 6.45) is 3.93. The molecule has 0 aromatic heterocycles. The minimum atomic E-state index is -0.0997. The molecule has 1 aliphatic carbocycles. The molecule has 1 aliphatic rings. The number of methoxy groups -OCH3 is 1. The fourth-order valence-electron chi connectivity index (χ4n) is 2.20. The predicted octanol–water partition coefficient (Wildman–Crippen LogP) is 2.26. The highest BCUT2D eigenvalue weighted by atomic mass is 16.5. The lowest BCUT2D eigenvalue weighted by atomic mass is 9.97. The van der Waals surface area contributed by atoms with Crippen LogP contribution in [-0.4, -0.2) is 49.3 Å². The van der Waals surface area contributed by atoms with Crippen molar-refractivity contribution in [2.24, 2.45) is 0 Å². The van der Waals surface area contributed by atoms with Crippen LogP contribution in [0.2, 0.25) is 0 Å². The highest BCUT2D eigenvalue weighted by Crippen LogP contribution is 2.28. The van der Waals surface area contributed by atoms with Gasteiger partial charge >= 0.3 is 0 Å². The van der Waals surface area contributed by atoms with Crippen molar-refractivity contribution in [3.63, 3.8) is 0 Å². The number of hydrogen-bond acceptors (Lipinski definition) is 3. The van der Waals surface area contributed by atoms with Gasteiger partial charge in [-0.25, -0.2) is 0 Å². The van der Waals surface area contributed by atoms with Crippen LogP contribution in [-0.2, 0) is 4.74 Å². The van der Waals surface area contributed by atoms with Gasteiger partial charge in [0.25, 0.3) is 0 Å². The van der Waals surface area contributed by atoms with Gasteiger partial charge in [-0.1, -0.05) is 13.8 Å². The SMILES string of the molecule is CCCNC(CN(CC)C1CC1)C(C)(C)OC. The second-order valence-corrected chi connectivity index (χ2v) is 5.63. The van der Waals surface area contributed by atoms with E-state index in [1.165, 1.54) is 19.3 Å². The Morgan fingerprint density at radius 3 is 2.41 bits per heavy atom. The van der Waals surface area contributed by atoms with Gasteiger partial charge in [-0.15, -0.1) is 0 Å². The fourth-order valence-corrected chi connectivity index (χ4v) is 2.20. The van der Waals surface area contributed by atoms with Gasteiger partial charge in [0, 0.05) is 25.7 Å². The molecule has 0 amide bonds. The summed E-state index contributed by atoms with van der Waals surface area (Å²) < 4.78 is 5.65. The minimum Gasteiger partial charge on any atom is -0.377 e. The van der Waals surface area contributed by atoms with E-state index in [1.807, 2.05) is 7.11 Å². The van der Waals surface area contributed by atoms with E-state index in [0.29, 0.717) is 6.04 Å². The molecule has 1 N–H and O–H groups in total. The predicted molar refractivity (Wildman–Crippen MR) is 73.4 cm³/mol. The maximum absolute atomic E-state index is 5.65. The molecule has 0 saturated heterocycles. The van der Waals surface area contributed by atoms with Crippen molar-refractivity contribution in [3.05, 3.63) is 0 Å². The first-order valence-electron chi connectivity index (χ1n) is 7.07. The molecule has 1 saturated carbocycles. The molecule has 0 aromatic rings. The summed E-state index contributed by atoms with van der Waals surface area (Å²) in [5.41, 5.74) is -0.0997. The van der Waals surface area contributed by atoms with Crippen LogP contribution in [0, 0.1) is 0 Å². The number of likely N-dealkylation sites (N-methyl/N-ethyl adjacent to an activating group) is 1. The Labute approximate surface area is 107 Å². The highest BCUT2D eigenvalue weighted by Gasteiger charge is 2.34. The lowest BCUT2D eigenvalue weighted by Crippen LogP contribution is -2.54. The standard InChI is InChI=1S/C14H30N2O/c1-6-10-15-13(14(3,4)17-5)11-16(7-2)12-8-9-12/h12-13,15H,6-11H2,1-5H3. The number of nitrogens with one attached hydrogen (secondary N) is 1. The second kappa shape index (κ2) is 6.72. The molecule has 0 radical (unpaired) electrons. The summed E-state index contributed by atoms with van der Waals surface area (Å²) in [6.45, 7) is 12.1. The van der Waals surface area contributed by atoms with Gasteiger partial charge in [-0.3, -0.25) is 4.90 Å². The van der Waals surface area contributed by atoms with E-state index in [4.69, 9.17) is 4.74 Å². The van der Waals surface area contributed by atoms with Crippen molar-refractivity contribution in [3.8, 4) is 0 Å². The van der Waals surface area contributed by atoms with Crippen LogP contribution in [0.15, 0.2) is 0 Å². The van der Waals surface area contributed by atoms with E-state index in [0.717, 1.165) is 25.7 Å². The molecule has 17 heavy (non-hydrogen) atoms. The van der Waals surface area contributed by atoms with Gasteiger partial charge in [-0.05, 0) is 46.2 Å². The van der Waals surface area contributed by atoms with Crippen molar-refractivity contribution in [2.75, 3.05) is 26.7 Å². The van der Waals surface area contributed by atoms with Crippen LogP contribution in [0.4, 0.5) is 0 Å². The van der Waals surface area contributed by atoms with E-state index in [2.05, 4.69) is 37.9 Å². The van der Waals surface area contributed by atoms with Crippen molar-refractivity contribution < 1.29 is 4.74 Å². The molecule has 3 heteroatoms. The van der Waals surface area contributed by atoms with E-state index in [-0.39, 0.29) is 5.60 Å². The number of nitrogens with zero attached hydrogens (tertiary/aromatic N) is 1. The second-order valence-electron chi connectivity index (χ2n) is 5.63. The molecule has 0 spiro atoms. The average Bonchev–Trinajstić information content (AvgIpc) is 3.13. The molecule has 3 nitrogen and oxygen atoms in total. The molecule has 0 aromatic carbocycles. The van der Waals surface area contributed by atoms with Gasteiger partial charge in [0.2, 0.25) is 0 Å². The van der Waals surface area contributed by atoms with Gasteiger partial charge in [0.15, 0.2) is 0 Å². The van der Waals surface area contributed by atoms with E-state index in [9.17, 15) is 0 Å². The van der Waals surface area contributed by atoms with Gasteiger partial charge in [0.1, 0.15) is 0 Å². The maximum atomic E-state index is 5.65. The quantitative estimate of drug-likeness (QED) is 0.671. The molecule has 0 heterocycles. The van der Waals surface area contributed by atoms with Crippen LogP contribution in [0.25, 0.3) is 0 Å². The summed E-state index contributed by atoms with van der Waals surface area (Å²) in [4.78, 5) is 2.59. The first-order valence-corrected chi connectivity index (χ1v) is 7.07. The topological polar surface area (TPSA) is 24.5 Å². The van der Waals surface area contributed by atoms with Gasteiger partial charge in [0.05, 0.1) is 5.60 Å². The zero-order valence-corrected chi connectivity index (χ0v) is 12.3. The molecular formula is C14H30N2O. The molecule has 102 valence electrons. The zero-order valence-electron chi connectivity index (χ0n) is 12.3. The Bertz CT molecular complexity index is 214. The van der Waals surface area contributed by atoms with Crippen LogP contribution in [0.1, 0.15) is 47.0 Å². The molecule has 0 bridgehead atoms. The van der Waals surface area contributed by atoms with Crippen molar-refractivity contribution in [1.82, 2.24) is 10.2 Å². The number of ether oxygens (including phenoxy) is 1. The molecule has 1 fully saturated rings. The molecule has 0 aliphatic heterocycles. The van der Waals surface area contributed by atoms with E-state index in [1.54, 1.807) is 0 Å². The normalized spacial score (nSPS) is 18.7. The van der Waals surface area contributed by atoms with Crippen molar-refractivity contribution in [2.45, 2.75) is 64.6 Å². The fraction of sp³-hybridized carbons (Fsp3) is 1.00. The zero-order chi connectivity index (χ0) is 12.9. The number of hydrogen-bond donors (Lipinski definition) is 1. The Balaban J connectivity index is 2.54. The summed E-state index contributed by atoms with van der Waals surface area (Å²) in [5.74, 6) is 0. The largest absolute Gasteiger partial charge is 0.377 e. The summed E-state index contributed by atoms with van der Waals surface area (Å²) in [5, 5.41) is 3.64. The lowest BCUT2D eigenvalue weighted by Gasteiger charge is -2.37. The third-order valence-electron chi connectivity index (χ3n) is 3.89.